The molecule has 128 valence electrons. The molecule has 0 unspecified atom stereocenters. The summed E-state index contributed by atoms with van der Waals surface area (Å²) in [6.07, 6.45) is 1.73. The van der Waals surface area contributed by atoms with E-state index >= 15 is 0 Å². The Labute approximate surface area is 147 Å². The van der Waals surface area contributed by atoms with Crippen molar-refractivity contribution in [2.45, 2.75) is 6.54 Å². The Bertz CT molecular complexity index is 1090. The lowest BCUT2D eigenvalue weighted by Gasteiger charge is -2.04. The van der Waals surface area contributed by atoms with Crippen LogP contribution in [0.15, 0.2) is 65.3 Å². The molecule has 1 amide bonds. The minimum atomic E-state index is -0.470. The van der Waals surface area contributed by atoms with Crippen LogP contribution in [0.1, 0.15) is 16.2 Å². The topological polar surface area (TPSA) is 80.9 Å². The zero-order valence-electron chi connectivity index (χ0n) is 13.5. The summed E-state index contributed by atoms with van der Waals surface area (Å²) in [5.74, 6) is -0.904. The molecule has 0 aliphatic rings. The van der Waals surface area contributed by atoms with E-state index in [4.69, 9.17) is 4.52 Å². The molecule has 4 rings (SSSR count). The predicted molar refractivity (Wildman–Crippen MR) is 92.6 cm³/mol. The standard InChI is InChI=1S/C19H13FN4O2/c20-15-5-1-3-14(10-15)19-23-17(24-26-19)18(25)22-11-12-6-7-16-13(9-12)4-2-8-21-16/h1-10H,11H2,(H,22,25). The van der Waals surface area contributed by atoms with Crippen LogP contribution in [0.3, 0.4) is 0 Å². The van der Waals surface area contributed by atoms with Crippen molar-refractivity contribution in [1.82, 2.24) is 20.4 Å². The van der Waals surface area contributed by atoms with Crippen LogP contribution in [0.2, 0.25) is 0 Å². The molecule has 0 saturated heterocycles. The van der Waals surface area contributed by atoms with Gasteiger partial charge in [0.15, 0.2) is 0 Å². The van der Waals surface area contributed by atoms with Crippen molar-refractivity contribution in [2.24, 2.45) is 0 Å². The fraction of sp³-hybridized carbons (Fsp3) is 0.0526. The maximum Gasteiger partial charge on any atom is 0.292 e. The molecule has 0 atom stereocenters. The summed E-state index contributed by atoms with van der Waals surface area (Å²) in [7, 11) is 0. The number of carbonyl (C=O) groups excluding carboxylic acids is 1. The Morgan fingerprint density at radius 3 is 2.92 bits per heavy atom. The van der Waals surface area contributed by atoms with E-state index in [0.29, 0.717) is 12.1 Å². The van der Waals surface area contributed by atoms with E-state index in [0.717, 1.165) is 16.5 Å². The highest BCUT2D eigenvalue weighted by atomic mass is 19.1. The number of pyridine rings is 1. The summed E-state index contributed by atoms with van der Waals surface area (Å²) in [6, 6.07) is 15.3. The van der Waals surface area contributed by atoms with Crippen molar-refractivity contribution < 1.29 is 13.7 Å². The number of benzene rings is 2. The van der Waals surface area contributed by atoms with Gasteiger partial charge in [-0.15, -0.1) is 0 Å². The average Bonchev–Trinajstić information content (AvgIpc) is 3.16. The summed E-state index contributed by atoms with van der Waals surface area (Å²) in [5.41, 5.74) is 2.23. The van der Waals surface area contributed by atoms with Crippen molar-refractivity contribution in [1.29, 1.82) is 0 Å². The van der Waals surface area contributed by atoms with Crippen molar-refractivity contribution in [3.8, 4) is 11.5 Å². The van der Waals surface area contributed by atoms with Crippen molar-refractivity contribution >= 4 is 16.8 Å². The third-order valence-electron chi connectivity index (χ3n) is 3.82. The highest BCUT2D eigenvalue weighted by Crippen LogP contribution is 2.18. The van der Waals surface area contributed by atoms with E-state index in [1.54, 1.807) is 12.3 Å². The van der Waals surface area contributed by atoms with Gasteiger partial charge in [-0.1, -0.05) is 23.4 Å². The third kappa shape index (κ3) is 3.27. The zero-order valence-corrected chi connectivity index (χ0v) is 13.5. The molecule has 1 N–H and O–H groups in total. The molecule has 26 heavy (non-hydrogen) atoms. The number of amides is 1. The van der Waals surface area contributed by atoms with Crippen molar-refractivity contribution in [3.63, 3.8) is 0 Å². The zero-order chi connectivity index (χ0) is 17.9. The van der Waals surface area contributed by atoms with Gasteiger partial charge in [-0.3, -0.25) is 9.78 Å². The molecule has 0 bridgehead atoms. The molecule has 0 spiro atoms. The van der Waals surface area contributed by atoms with Crippen molar-refractivity contribution in [2.75, 3.05) is 0 Å². The molecule has 0 aliphatic heterocycles. The summed E-state index contributed by atoms with van der Waals surface area (Å²) < 4.78 is 18.3. The van der Waals surface area contributed by atoms with Gasteiger partial charge in [0.1, 0.15) is 5.82 Å². The van der Waals surface area contributed by atoms with E-state index in [1.807, 2.05) is 30.3 Å². The molecular weight excluding hydrogens is 335 g/mol. The molecular formula is C19H13FN4O2. The monoisotopic (exact) mass is 348 g/mol. The molecule has 0 aliphatic carbocycles. The van der Waals surface area contributed by atoms with Gasteiger partial charge in [0.2, 0.25) is 0 Å². The lowest BCUT2D eigenvalue weighted by molar-refractivity contribution is 0.0937. The predicted octanol–water partition coefficient (Wildman–Crippen LogP) is 3.35. The number of hydrogen-bond donors (Lipinski definition) is 1. The number of fused-ring (bicyclic) bond motifs is 1. The highest BCUT2D eigenvalue weighted by Gasteiger charge is 2.15. The molecule has 0 fully saturated rings. The molecule has 6 nitrogen and oxygen atoms in total. The first kappa shape index (κ1) is 15.9. The van der Waals surface area contributed by atoms with Gasteiger partial charge in [0.25, 0.3) is 17.6 Å². The first-order valence-corrected chi connectivity index (χ1v) is 7.90. The smallest absolute Gasteiger partial charge is 0.292 e. The summed E-state index contributed by atoms with van der Waals surface area (Å²) in [5, 5.41) is 7.38. The largest absolute Gasteiger partial charge is 0.345 e. The lowest BCUT2D eigenvalue weighted by atomic mass is 10.1. The Hall–Kier alpha value is -3.61. The maximum absolute atomic E-state index is 13.3. The second-order valence-corrected chi connectivity index (χ2v) is 5.65. The van der Waals surface area contributed by atoms with Gasteiger partial charge in [0, 0.05) is 23.7 Å². The van der Waals surface area contributed by atoms with Crippen LogP contribution in [0.5, 0.6) is 0 Å². The Morgan fingerprint density at radius 2 is 2.04 bits per heavy atom. The van der Waals surface area contributed by atoms with E-state index in [9.17, 15) is 9.18 Å². The number of nitrogens with zero attached hydrogens (tertiary/aromatic N) is 3. The van der Waals surface area contributed by atoms with Gasteiger partial charge < -0.3 is 9.84 Å². The minimum Gasteiger partial charge on any atom is -0.345 e. The van der Waals surface area contributed by atoms with E-state index < -0.39 is 11.7 Å². The van der Waals surface area contributed by atoms with Crippen LogP contribution >= 0.6 is 0 Å². The quantitative estimate of drug-likeness (QED) is 0.612. The molecule has 2 aromatic heterocycles. The fourth-order valence-electron chi connectivity index (χ4n) is 2.55. The summed E-state index contributed by atoms with van der Waals surface area (Å²) >= 11 is 0. The molecule has 7 heteroatoms. The molecule has 2 aromatic carbocycles. The highest BCUT2D eigenvalue weighted by molar-refractivity contribution is 5.90. The fourth-order valence-corrected chi connectivity index (χ4v) is 2.55. The van der Waals surface area contributed by atoms with Crippen LogP contribution in [0.4, 0.5) is 4.39 Å². The van der Waals surface area contributed by atoms with Gasteiger partial charge in [-0.05, 0) is 42.0 Å². The molecule has 0 radical (unpaired) electrons. The third-order valence-corrected chi connectivity index (χ3v) is 3.82. The van der Waals surface area contributed by atoms with Gasteiger partial charge in [-0.2, -0.15) is 4.98 Å². The Morgan fingerprint density at radius 1 is 1.12 bits per heavy atom. The number of rotatable bonds is 4. The normalized spacial score (nSPS) is 10.8. The SMILES string of the molecule is O=C(NCc1ccc2ncccc2c1)c1noc(-c2cccc(F)c2)n1. The van der Waals surface area contributed by atoms with E-state index in [1.165, 1.54) is 18.2 Å². The van der Waals surface area contributed by atoms with Crippen LogP contribution in [-0.4, -0.2) is 21.0 Å². The first-order chi connectivity index (χ1) is 12.7. The Balaban J connectivity index is 1.46. The maximum atomic E-state index is 13.3. The van der Waals surface area contributed by atoms with E-state index in [-0.39, 0.29) is 11.7 Å². The molecule has 4 aromatic rings. The molecule has 2 heterocycles. The number of aromatic nitrogens is 3. The second-order valence-electron chi connectivity index (χ2n) is 5.65. The van der Waals surface area contributed by atoms with Crippen LogP contribution in [0.25, 0.3) is 22.4 Å². The number of halogens is 1. The van der Waals surface area contributed by atoms with Crippen LogP contribution in [0, 0.1) is 5.82 Å². The summed E-state index contributed by atoms with van der Waals surface area (Å²) in [6.45, 7) is 0.313. The molecule has 0 saturated carbocycles. The van der Waals surface area contributed by atoms with Crippen LogP contribution in [-0.2, 0) is 6.54 Å². The van der Waals surface area contributed by atoms with Crippen LogP contribution < -0.4 is 5.32 Å². The first-order valence-electron chi connectivity index (χ1n) is 7.90. The number of nitrogens with one attached hydrogen (secondary N) is 1. The number of hydrogen-bond acceptors (Lipinski definition) is 5. The summed E-state index contributed by atoms with van der Waals surface area (Å²) in [4.78, 5) is 20.5. The van der Waals surface area contributed by atoms with Gasteiger partial charge in [0.05, 0.1) is 5.52 Å². The van der Waals surface area contributed by atoms with E-state index in [2.05, 4.69) is 20.4 Å². The Kier molecular flexibility index (Phi) is 4.10. The van der Waals surface area contributed by atoms with Crippen molar-refractivity contribution in [3.05, 3.63) is 78.0 Å². The van der Waals surface area contributed by atoms with Gasteiger partial charge in [-0.25, -0.2) is 4.39 Å². The second kappa shape index (κ2) is 6.72. The number of carbonyl (C=O) groups is 1. The van der Waals surface area contributed by atoms with Gasteiger partial charge >= 0.3 is 0 Å². The minimum absolute atomic E-state index is 0.0893. The lowest BCUT2D eigenvalue weighted by Crippen LogP contribution is -2.23. The average molecular weight is 348 g/mol.